The van der Waals surface area contributed by atoms with E-state index in [2.05, 4.69) is 21.3 Å². The van der Waals surface area contributed by atoms with Crippen LogP contribution in [0.3, 0.4) is 0 Å². The van der Waals surface area contributed by atoms with Crippen molar-refractivity contribution in [3.05, 3.63) is 60.7 Å². The number of rotatable bonds is 10. The Balaban J connectivity index is 1.32. The average Bonchev–Trinajstić information content (AvgIpc) is 3.56. The number of Topliss-reactive ketones (excluding diaryl/α,β-unsaturated/α-hetero) is 1. The Kier molecular flexibility index (Phi) is 7.83. The summed E-state index contributed by atoms with van der Waals surface area (Å²) in [7, 11) is 3.67. The van der Waals surface area contributed by atoms with Gasteiger partial charge in [-0.05, 0) is 31.8 Å². The molecule has 4 aromatic rings. The zero-order valence-electron chi connectivity index (χ0n) is 23.2. The van der Waals surface area contributed by atoms with Crippen LogP contribution >= 0.6 is 0 Å². The van der Waals surface area contributed by atoms with Crippen LogP contribution < -0.4 is 0 Å². The first-order valence-electron chi connectivity index (χ1n) is 13.3. The molecule has 5 rings (SSSR count). The second-order valence-electron chi connectivity index (χ2n) is 10.9. The van der Waals surface area contributed by atoms with Gasteiger partial charge in [-0.3, -0.25) is 14.3 Å². The van der Waals surface area contributed by atoms with Crippen molar-refractivity contribution < 1.29 is 22.8 Å². The quantitative estimate of drug-likeness (QED) is 0.282. The van der Waals surface area contributed by atoms with Crippen LogP contribution in [0.25, 0.3) is 28.0 Å². The van der Waals surface area contributed by atoms with E-state index in [1.54, 1.807) is 50.9 Å². The number of benzene rings is 1. The molecule has 1 aliphatic rings. The second-order valence-corrected chi connectivity index (χ2v) is 10.9. The number of amides is 1. The van der Waals surface area contributed by atoms with Gasteiger partial charge in [0.05, 0.1) is 49.7 Å². The Labute approximate surface area is 240 Å². The van der Waals surface area contributed by atoms with Crippen molar-refractivity contribution in [2.24, 2.45) is 0 Å². The maximum absolute atomic E-state index is 12.5. The maximum atomic E-state index is 12.5. The SMILES string of the molecule is CN(C)CC(=O)N1CC(CC#N)(n2cc(-c3cnn4c(-c5cccc(CC(=O)CCC(F)(F)F)c5)cnc4c3)cn2)C1. The summed E-state index contributed by atoms with van der Waals surface area (Å²) in [5, 5.41) is 18.6. The van der Waals surface area contributed by atoms with E-state index in [9.17, 15) is 28.0 Å². The third-order valence-electron chi connectivity index (χ3n) is 7.26. The summed E-state index contributed by atoms with van der Waals surface area (Å²) < 4.78 is 40.8. The Morgan fingerprint density at radius 1 is 1.07 bits per heavy atom. The number of halogens is 3. The predicted molar refractivity (Wildman–Crippen MR) is 147 cm³/mol. The first kappa shape index (κ1) is 28.9. The van der Waals surface area contributed by atoms with E-state index >= 15 is 0 Å². The lowest BCUT2D eigenvalue weighted by atomic mass is 9.86. The molecule has 0 N–H and O–H groups in total. The fourth-order valence-corrected chi connectivity index (χ4v) is 5.10. The van der Waals surface area contributed by atoms with Gasteiger partial charge in [0, 0.05) is 48.8 Å². The number of alkyl halides is 3. The van der Waals surface area contributed by atoms with E-state index in [4.69, 9.17) is 0 Å². The lowest BCUT2D eigenvalue weighted by Crippen LogP contribution is -2.65. The summed E-state index contributed by atoms with van der Waals surface area (Å²) in [4.78, 5) is 32.5. The van der Waals surface area contributed by atoms with E-state index in [0.29, 0.717) is 36.5 Å². The third kappa shape index (κ3) is 6.18. The molecule has 218 valence electrons. The molecule has 10 nitrogen and oxygen atoms in total. The highest BCUT2D eigenvalue weighted by Crippen LogP contribution is 2.34. The summed E-state index contributed by atoms with van der Waals surface area (Å²) in [5.41, 5.74) is 3.54. The van der Waals surface area contributed by atoms with Gasteiger partial charge in [-0.2, -0.15) is 28.6 Å². The van der Waals surface area contributed by atoms with Crippen LogP contribution in [0, 0.1) is 11.3 Å². The third-order valence-corrected chi connectivity index (χ3v) is 7.26. The van der Waals surface area contributed by atoms with Crippen LogP contribution in [0.4, 0.5) is 13.2 Å². The van der Waals surface area contributed by atoms with Gasteiger partial charge in [-0.1, -0.05) is 18.2 Å². The van der Waals surface area contributed by atoms with Crippen LogP contribution in [0.2, 0.25) is 0 Å². The molecule has 1 aliphatic heterocycles. The maximum Gasteiger partial charge on any atom is 0.389 e. The first-order chi connectivity index (χ1) is 20.0. The number of hydrogen-bond donors (Lipinski definition) is 0. The Hall–Kier alpha value is -4.57. The minimum atomic E-state index is -4.36. The van der Waals surface area contributed by atoms with Crippen molar-refractivity contribution in [1.29, 1.82) is 5.26 Å². The fourth-order valence-electron chi connectivity index (χ4n) is 5.10. The van der Waals surface area contributed by atoms with Gasteiger partial charge in [0.1, 0.15) is 11.3 Å². The van der Waals surface area contributed by atoms with E-state index in [1.807, 2.05) is 37.3 Å². The largest absolute Gasteiger partial charge is 0.389 e. The molecule has 1 aromatic carbocycles. The number of fused-ring (bicyclic) bond motifs is 1. The standard InChI is InChI=1S/C29H29F3N8O2/c1-37(2)17-27(42)38-18-28(19-38,8-9-33)39-16-23(14-35-39)22-12-26-34-15-25(40(26)36-13-22)21-5-3-4-20(10-21)11-24(41)6-7-29(30,31)32/h3-5,10,12-16H,6-8,11,17-19H2,1-2H3. The van der Waals surface area contributed by atoms with Crippen LogP contribution in [-0.4, -0.2) is 85.8 Å². The van der Waals surface area contributed by atoms with Gasteiger partial charge < -0.3 is 9.80 Å². The van der Waals surface area contributed by atoms with E-state index in [0.717, 1.165) is 16.7 Å². The van der Waals surface area contributed by atoms with Gasteiger partial charge in [0.15, 0.2) is 5.65 Å². The molecule has 3 aromatic heterocycles. The number of hydrogen-bond acceptors (Lipinski definition) is 7. The fraction of sp³-hybridized carbons (Fsp3) is 0.379. The van der Waals surface area contributed by atoms with Gasteiger partial charge in [0.25, 0.3) is 0 Å². The van der Waals surface area contributed by atoms with Crippen LogP contribution in [0.15, 0.2) is 55.1 Å². The number of likely N-dealkylation sites (N-methyl/N-ethyl adjacent to an activating group) is 1. The lowest BCUT2D eigenvalue weighted by molar-refractivity contribution is -0.143. The number of carbonyl (C=O) groups excluding carboxylic acids is 2. The highest BCUT2D eigenvalue weighted by molar-refractivity contribution is 5.81. The van der Waals surface area contributed by atoms with Crippen molar-refractivity contribution in [2.45, 2.75) is 37.4 Å². The number of aromatic nitrogens is 5. The molecule has 0 spiro atoms. The molecule has 1 saturated heterocycles. The summed E-state index contributed by atoms with van der Waals surface area (Å²) >= 11 is 0. The van der Waals surface area contributed by atoms with Gasteiger partial charge >= 0.3 is 6.18 Å². The van der Waals surface area contributed by atoms with Gasteiger partial charge in [-0.15, -0.1) is 0 Å². The van der Waals surface area contributed by atoms with Crippen LogP contribution in [0.1, 0.15) is 24.8 Å². The van der Waals surface area contributed by atoms with Crippen molar-refractivity contribution in [2.75, 3.05) is 33.7 Å². The van der Waals surface area contributed by atoms with Crippen molar-refractivity contribution in [3.8, 4) is 28.5 Å². The van der Waals surface area contributed by atoms with Gasteiger partial charge in [0.2, 0.25) is 5.91 Å². The number of nitrogens with zero attached hydrogens (tertiary/aromatic N) is 8. The van der Waals surface area contributed by atoms with Crippen LogP contribution in [-0.2, 0) is 21.5 Å². The summed E-state index contributed by atoms with van der Waals surface area (Å²) in [6, 6.07) is 11.1. The Morgan fingerprint density at radius 3 is 2.55 bits per heavy atom. The topological polar surface area (TPSA) is 112 Å². The molecule has 0 atom stereocenters. The molecule has 0 aliphatic carbocycles. The number of imidazole rings is 1. The molecular formula is C29H29F3N8O2. The molecule has 4 heterocycles. The zero-order valence-corrected chi connectivity index (χ0v) is 23.2. The smallest absolute Gasteiger partial charge is 0.336 e. The number of nitriles is 1. The molecule has 0 unspecified atom stereocenters. The van der Waals surface area contributed by atoms with E-state index < -0.39 is 30.3 Å². The molecule has 42 heavy (non-hydrogen) atoms. The molecular weight excluding hydrogens is 549 g/mol. The molecule has 1 amide bonds. The predicted octanol–water partition coefficient (Wildman–Crippen LogP) is 3.73. The summed E-state index contributed by atoms with van der Waals surface area (Å²) in [6.45, 7) is 1.11. The Bertz CT molecular complexity index is 1660. The lowest BCUT2D eigenvalue weighted by Gasteiger charge is -2.49. The molecule has 0 bridgehead atoms. The first-order valence-corrected chi connectivity index (χ1v) is 13.3. The second kappa shape index (κ2) is 11.4. The zero-order chi connectivity index (χ0) is 30.1. The average molecular weight is 579 g/mol. The van der Waals surface area contributed by atoms with Crippen molar-refractivity contribution >= 4 is 17.3 Å². The normalized spacial score (nSPS) is 14.6. The minimum absolute atomic E-state index is 0.00398. The van der Waals surface area contributed by atoms with E-state index in [1.165, 1.54) is 0 Å². The monoisotopic (exact) mass is 578 g/mol. The molecule has 1 fully saturated rings. The highest BCUT2D eigenvalue weighted by Gasteiger charge is 2.47. The summed E-state index contributed by atoms with van der Waals surface area (Å²) in [5.74, 6) is -0.471. The van der Waals surface area contributed by atoms with Crippen LogP contribution in [0.5, 0.6) is 0 Å². The molecule has 0 radical (unpaired) electrons. The van der Waals surface area contributed by atoms with Gasteiger partial charge in [-0.25, -0.2) is 9.50 Å². The Morgan fingerprint density at radius 2 is 1.83 bits per heavy atom. The summed E-state index contributed by atoms with van der Waals surface area (Å²) in [6.07, 6.45) is 0.962. The van der Waals surface area contributed by atoms with Crippen molar-refractivity contribution in [3.63, 3.8) is 0 Å². The highest BCUT2D eigenvalue weighted by atomic mass is 19.4. The number of ketones is 1. The minimum Gasteiger partial charge on any atom is -0.336 e. The molecule has 13 heteroatoms. The molecule has 0 saturated carbocycles. The van der Waals surface area contributed by atoms with Crippen molar-refractivity contribution in [1.82, 2.24) is 34.2 Å². The van der Waals surface area contributed by atoms with E-state index in [-0.39, 0.29) is 18.7 Å². The number of likely N-dealkylation sites (tertiary alicyclic amines) is 1. The number of carbonyl (C=O) groups is 2.